The second-order valence-corrected chi connectivity index (χ2v) is 7.34. The summed E-state index contributed by atoms with van der Waals surface area (Å²) in [4.78, 5) is 2.36. The molecule has 0 radical (unpaired) electrons. The summed E-state index contributed by atoms with van der Waals surface area (Å²) in [6, 6.07) is 0.276. The molecule has 0 saturated carbocycles. The molecule has 2 aliphatic rings. The molecule has 2 fully saturated rings. The standard InChI is InChI=1S/C14H25N5O2S/c1-14(2,3)19-13(22)18(15-16-19)10-17-7-5-4-6-11(17)12-20-8-9-21-12/h11-12H,4-10H2,1-3H3/t11-/m1/s1. The third-order valence-corrected chi connectivity index (χ3v) is 4.60. The van der Waals surface area contributed by atoms with E-state index in [-0.39, 0.29) is 17.9 Å². The molecule has 1 aromatic heterocycles. The Hall–Kier alpha value is -0.830. The van der Waals surface area contributed by atoms with Crippen molar-refractivity contribution >= 4 is 12.2 Å². The van der Waals surface area contributed by atoms with Gasteiger partial charge in [0.25, 0.3) is 0 Å². The Morgan fingerprint density at radius 2 is 1.91 bits per heavy atom. The molecule has 2 saturated heterocycles. The maximum Gasteiger partial charge on any atom is 0.217 e. The van der Waals surface area contributed by atoms with Gasteiger partial charge in [-0.15, -0.1) is 0 Å². The third kappa shape index (κ3) is 3.24. The van der Waals surface area contributed by atoms with Gasteiger partial charge >= 0.3 is 0 Å². The zero-order valence-electron chi connectivity index (χ0n) is 13.6. The summed E-state index contributed by atoms with van der Waals surface area (Å²) < 4.78 is 15.7. The number of nitrogens with zero attached hydrogens (tertiary/aromatic N) is 5. The van der Waals surface area contributed by atoms with Crippen molar-refractivity contribution in [2.45, 2.75) is 64.6 Å². The van der Waals surface area contributed by atoms with Gasteiger partial charge in [-0.05, 0) is 56.3 Å². The van der Waals surface area contributed by atoms with E-state index < -0.39 is 0 Å². The van der Waals surface area contributed by atoms with E-state index in [2.05, 4.69) is 36.1 Å². The van der Waals surface area contributed by atoms with E-state index in [1.54, 1.807) is 9.36 Å². The van der Waals surface area contributed by atoms with Crippen molar-refractivity contribution in [3.05, 3.63) is 4.77 Å². The fourth-order valence-corrected chi connectivity index (χ4v) is 3.46. The van der Waals surface area contributed by atoms with Gasteiger partial charge in [0, 0.05) is 6.54 Å². The average molecular weight is 327 g/mol. The first-order chi connectivity index (χ1) is 10.5. The van der Waals surface area contributed by atoms with E-state index in [0.29, 0.717) is 24.7 Å². The Morgan fingerprint density at radius 3 is 2.55 bits per heavy atom. The van der Waals surface area contributed by atoms with E-state index in [9.17, 15) is 0 Å². The first-order valence-corrected chi connectivity index (χ1v) is 8.38. The lowest BCUT2D eigenvalue weighted by Crippen LogP contribution is -2.48. The molecule has 0 amide bonds. The first-order valence-electron chi connectivity index (χ1n) is 7.97. The van der Waals surface area contributed by atoms with Gasteiger partial charge in [-0.2, -0.15) is 0 Å². The predicted molar refractivity (Wildman–Crippen MR) is 83.9 cm³/mol. The summed E-state index contributed by atoms with van der Waals surface area (Å²) >= 11 is 5.53. The van der Waals surface area contributed by atoms with Crippen molar-refractivity contribution in [1.82, 2.24) is 24.7 Å². The van der Waals surface area contributed by atoms with Gasteiger partial charge in [0.1, 0.15) is 0 Å². The average Bonchev–Trinajstić information content (AvgIpc) is 3.10. The van der Waals surface area contributed by atoms with Gasteiger partial charge < -0.3 is 9.47 Å². The SMILES string of the molecule is CC(C)(C)n1nnn(CN2CCCC[C@@H]2C2OCCO2)c1=S. The smallest absolute Gasteiger partial charge is 0.217 e. The quantitative estimate of drug-likeness (QED) is 0.789. The second kappa shape index (κ2) is 6.35. The molecule has 1 atom stereocenters. The zero-order valence-corrected chi connectivity index (χ0v) is 14.4. The van der Waals surface area contributed by atoms with Gasteiger partial charge in [-0.1, -0.05) is 6.42 Å². The van der Waals surface area contributed by atoms with Crippen LogP contribution in [0.2, 0.25) is 0 Å². The van der Waals surface area contributed by atoms with Crippen molar-refractivity contribution in [3.8, 4) is 0 Å². The van der Waals surface area contributed by atoms with Crippen LogP contribution in [0.1, 0.15) is 40.0 Å². The van der Waals surface area contributed by atoms with Gasteiger partial charge in [-0.25, -0.2) is 9.36 Å². The van der Waals surface area contributed by atoms with Crippen LogP contribution >= 0.6 is 12.2 Å². The summed E-state index contributed by atoms with van der Waals surface area (Å²) in [5.74, 6) is 0. The first kappa shape index (κ1) is 16.0. The molecule has 1 aromatic rings. The van der Waals surface area contributed by atoms with Crippen LogP contribution in [0.25, 0.3) is 0 Å². The maximum atomic E-state index is 5.71. The summed E-state index contributed by atoms with van der Waals surface area (Å²) in [5.41, 5.74) is -0.158. The largest absolute Gasteiger partial charge is 0.349 e. The fraction of sp³-hybridized carbons (Fsp3) is 0.929. The monoisotopic (exact) mass is 327 g/mol. The third-order valence-electron chi connectivity index (χ3n) is 4.22. The predicted octanol–water partition coefficient (Wildman–Crippen LogP) is 1.75. The minimum absolute atomic E-state index is 0.118. The molecular formula is C14H25N5O2S. The van der Waals surface area contributed by atoms with Crippen LogP contribution in [0.4, 0.5) is 0 Å². The highest BCUT2D eigenvalue weighted by Crippen LogP contribution is 2.25. The molecular weight excluding hydrogens is 302 g/mol. The Balaban J connectivity index is 1.76. The van der Waals surface area contributed by atoms with Crippen molar-refractivity contribution in [3.63, 3.8) is 0 Å². The molecule has 2 aliphatic heterocycles. The number of rotatable bonds is 3. The van der Waals surface area contributed by atoms with E-state index in [0.717, 1.165) is 13.0 Å². The van der Waals surface area contributed by atoms with Crippen LogP contribution in [0.5, 0.6) is 0 Å². The maximum absolute atomic E-state index is 5.71. The topological polar surface area (TPSA) is 57.3 Å². The Labute approximate surface area is 136 Å². The lowest BCUT2D eigenvalue weighted by atomic mass is 10.0. The Kier molecular flexibility index (Phi) is 4.63. The van der Waals surface area contributed by atoms with Crippen LogP contribution in [0.15, 0.2) is 0 Å². The molecule has 8 heteroatoms. The zero-order chi connectivity index (χ0) is 15.7. The van der Waals surface area contributed by atoms with Crippen LogP contribution < -0.4 is 0 Å². The molecule has 0 aromatic carbocycles. The molecule has 3 rings (SSSR count). The molecule has 0 aliphatic carbocycles. The van der Waals surface area contributed by atoms with Crippen LogP contribution in [0, 0.1) is 4.77 Å². The Morgan fingerprint density at radius 1 is 1.18 bits per heavy atom. The molecule has 0 spiro atoms. The minimum Gasteiger partial charge on any atom is -0.349 e. The lowest BCUT2D eigenvalue weighted by molar-refractivity contribution is -0.116. The van der Waals surface area contributed by atoms with Crippen LogP contribution in [0.3, 0.4) is 0 Å². The summed E-state index contributed by atoms with van der Waals surface area (Å²) in [7, 11) is 0. The molecule has 124 valence electrons. The highest BCUT2D eigenvalue weighted by atomic mass is 32.1. The molecule has 0 bridgehead atoms. The second-order valence-electron chi connectivity index (χ2n) is 6.97. The summed E-state index contributed by atoms with van der Waals surface area (Å²) in [6.07, 6.45) is 3.37. The molecule has 0 N–H and O–H groups in total. The van der Waals surface area contributed by atoms with E-state index in [4.69, 9.17) is 21.7 Å². The van der Waals surface area contributed by atoms with Gasteiger partial charge in [0.2, 0.25) is 4.77 Å². The number of likely N-dealkylation sites (tertiary alicyclic amines) is 1. The van der Waals surface area contributed by atoms with Crippen molar-refractivity contribution in [1.29, 1.82) is 0 Å². The number of hydrogen-bond donors (Lipinski definition) is 0. The van der Waals surface area contributed by atoms with E-state index in [1.807, 2.05) is 0 Å². The summed E-state index contributed by atoms with van der Waals surface area (Å²) in [6.45, 7) is 9.26. The highest BCUT2D eigenvalue weighted by Gasteiger charge is 2.34. The molecule has 3 heterocycles. The van der Waals surface area contributed by atoms with Crippen molar-refractivity contribution in [2.24, 2.45) is 0 Å². The van der Waals surface area contributed by atoms with E-state index >= 15 is 0 Å². The normalized spacial score (nSPS) is 25.0. The molecule has 7 nitrogen and oxygen atoms in total. The number of aromatic nitrogens is 4. The van der Waals surface area contributed by atoms with Gasteiger partial charge in [-0.3, -0.25) is 4.90 Å². The van der Waals surface area contributed by atoms with Gasteiger partial charge in [0.05, 0.1) is 31.5 Å². The number of hydrogen-bond acceptors (Lipinski definition) is 6. The Bertz CT molecular complexity index is 558. The highest BCUT2D eigenvalue weighted by molar-refractivity contribution is 7.71. The fourth-order valence-electron chi connectivity index (χ4n) is 3.06. The number of ether oxygens (including phenoxy) is 2. The van der Waals surface area contributed by atoms with Gasteiger partial charge in [0.15, 0.2) is 6.29 Å². The van der Waals surface area contributed by atoms with Crippen LogP contribution in [-0.4, -0.2) is 56.8 Å². The number of tetrazole rings is 1. The van der Waals surface area contributed by atoms with Crippen LogP contribution in [-0.2, 0) is 21.7 Å². The van der Waals surface area contributed by atoms with E-state index in [1.165, 1.54) is 12.8 Å². The number of piperidine rings is 1. The minimum atomic E-state index is -0.158. The summed E-state index contributed by atoms with van der Waals surface area (Å²) in [5, 5.41) is 8.45. The lowest BCUT2D eigenvalue weighted by Gasteiger charge is -2.37. The van der Waals surface area contributed by atoms with Crippen molar-refractivity contribution < 1.29 is 9.47 Å². The molecule has 22 heavy (non-hydrogen) atoms. The van der Waals surface area contributed by atoms with Crippen molar-refractivity contribution in [2.75, 3.05) is 19.8 Å². The molecule has 0 unspecified atom stereocenters.